The van der Waals surface area contributed by atoms with Gasteiger partial charge in [-0.3, -0.25) is 0 Å². The van der Waals surface area contributed by atoms with Crippen LogP contribution in [0.15, 0.2) is 48.5 Å². The fraction of sp³-hybridized carbons (Fsp3) is 0.200. The van der Waals surface area contributed by atoms with E-state index in [1.807, 2.05) is 25.1 Å². The molecule has 0 amide bonds. The fourth-order valence-electron chi connectivity index (χ4n) is 3.63. The minimum Gasteiger partial charge on any atom is -0.432 e. The molecule has 0 radical (unpaired) electrons. The van der Waals surface area contributed by atoms with Gasteiger partial charge >= 0.3 is 14.2 Å². The average Bonchev–Trinajstić information content (AvgIpc) is 2.90. The number of thioether (sulfide) groups is 1. The first kappa shape index (κ1) is 33.9. The van der Waals surface area contributed by atoms with E-state index in [4.69, 9.17) is 64.0 Å². The summed E-state index contributed by atoms with van der Waals surface area (Å²) in [7, 11) is 0.0334. The zero-order chi connectivity index (χ0) is 30.3. The molecule has 0 bridgehead atoms. The van der Waals surface area contributed by atoms with E-state index < -0.39 is 14.2 Å². The zero-order valence-corrected chi connectivity index (χ0v) is 26.6. The normalized spacial score (nSPS) is 10.9. The van der Waals surface area contributed by atoms with Crippen LogP contribution in [0, 0.1) is 0 Å². The van der Waals surface area contributed by atoms with Gasteiger partial charge < -0.3 is 40.4 Å². The smallest absolute Gasteiger partial charge is 0.432 e. The predicted octanol–water partition coefficient (Wildman–Crippen LogP) is 3.12. The molecule has 0 saturated carbocycles. The highest BCUT2D eigenvalue weighted by Gasteiger charge is 2.27. The molecule has 3 aromatic carbocycles. The van der Waals surface area contributed by atoms with Gasteiger partial charge in [-0.05, 0) is 61.7 Å². The first-order valence-corrected chi connectivity index (χ1v) is 15.0. The van der Waals surface area contributed by atoms with Crippen LogP contribution in [0.4, 0.5) is 5.69 Å². The van der Waals surface area contributed by atoms with E-state index in [-0.39, 0.29) is 49.0 Å². The van der Waals surface area contributed by atoms with E-state index in [9.17, 15) is 20.1 Å². The third-order valence-electron chi connectivity index (χ3n) is 5.64. The van der Waals surface area contributed by atoms with Gasteiger partial charge in [0.1, 0.15) is 10.1 Å². The quantitative estimate of drug-likeness (QED) is 0.141. The topological polar surface area (TPSA) is 117 Å². The Balaban J connectivity index is 2.01. The Morgan fingerprint density at radius 3 is 2.17 bits per heavy atom. The first-order chi connectivity index (χ1) is 19.4. The molecule has 0 unspecified atom stereocenters. The fourth-order valence-corrected chi connectivity index (χ4v) is 5.96. The molecule has 41 heavy (non-hydrogen) atoms. The highest BCUT2D eigenvalue weighted by molar-refractivity contribution is 8.23. The number of rotatable bonds is 10. The molecule has 3 aromatic rings. The second kappa shape index (κ2) is 15.7. The van der Waals surface area contributed by atoms with Crippen LogP contribution < -0.4 is 26.3 Å². The van der Waals surface area contributed by atoms with Crippen molar-refractivity contribution in [2.24, 2.45) is 0 Å². The third kappa shape index (κ3) is 9.44. The van der Waals surface area contributed by atoms with E-state index >= 15 is 0 Å². The lowest BCUT2D eigenvalue weighted by Crippen LogP contribution is -2.33. The Morgan fingerprint density at radius 2 is 1.56 bits per heavy atom. The van der Waals surface area contributed by atoms with Crippen molar-refractivity contribution in [1.29, 1.82) is 0 Å². The van der Waals surface area contributed by atoms with Crippen molar-refractivity contribution in [3.05, 3.63) is 69.2 Å². The molecule has 8 nitrogen and oxygen atoms in total. The van der Waals surface area contributed by atoms with Crippen molar-refractivity contribution in [2.75, 3.05) is 31.7 Å². The summed E-state index contributed by atoms with van der Waals surface area (Å²) < 4.78 is 6.01. The SMILES string of the molecule is CN(C)CCSC(=S)Nc1cc(B(O)O)c(Cl)c(-c2cc(CNC(=S)Oc3ccccc3)c(Cl)c(B(O)O)c2)c1Cl. The number of anilines is 1. The molecule has 3 rings (SSSR count). The van der Waals surface area contributed by atoms with Crippen LogP contribution in [-0.2, 0) is 6.54 Å². The van der Waals surface area contributed by atoms with E-state index in [0.29, 0.717) is 26.9 Å². The van der Waals surface area contributed by atoms with Gasteiger partial charge in [0.05, 0.1) is 10.7 Å². The summed E-state index contributed by atoms with van der Waals surface area (Å²) in [6, 6.07) is 13.4. The Bertz CT molecular complexity index is 1410. The molecule has 16 heteroatoms. The molecule has 0 heterocycles. The molecule has 0 aliphatic carbocycles. The molecule has 0 aliphatic heterocycles. The number of benzene rings is 3. The van der Waals surface area contributed by atoms with Gasteiger partial charge in [0.25, 0.3) is 5.17 Å². The summed E-state index contributed by atoms with van der Waals surface area (Å²) in [4.78, 5) is 2.02. The number of thiocarbonyl (C=S) groups is 2. The summed E-state index contributed by atoms with van der Waals surface area (Å²) in [6.07, 6.45) is 0. The number of hydrogen-bond donors (Lipinski definition) is 6. The predicted molar refractivity (Wildman–Crippen MR) is 180 cm³/mol. The van der Waals surface area contributed by atoms with Crippen molar-refractivity contribution in [1.82, 2.24) is 10.2 Å². The summed E-state index contributed by atoms with van der Waals surface area (Å²) in [6.45, 7) is 0.841. The average molecular weight is 673 g/mol. The lowest BCUT2D eigenvalue weighted by Gasteiger charge is -2.20. The number of ether oxygens (including phenoxy) is 1. The van der Waals surface area contributed by atoms with Gasteiger partial charge in [-0.2, -0.15) is 0 Å². The van der Waals surface area contributed by atoms with Crippen LogP contribution >= 0.6 is 71.0 Å². The van der Waals surface area contributed by atoms with Gasteiger partial charge in [-0.15, -0.1) is 0 Å². The van der Waals surface area contributed by atoms with Gasteiger partial charge in [0, 0.05) is 45.4 Å². The second-order valence-corrected chi connectivity index (χ2v) is 12.2. The molecular formula is C25H26B2Cl3N3O5S3. The van der Waals surface area contributed by atoms with Crippen molar-refractivity contribution in [3.63, 3.8) is 0 Å². The van der Waals surface area contributed by atoms with Crippen LogP contribution in [0.3, 0.4) is 0 Å². The zero-order valence-electron chi connectivity index (χ0n) is 21.9. The lowest BCUT2D eigenvalue weighted by molar-refractivity contribution is 0.424. The standard InChI is InChI=1S/C25H26B2Cl3N3O5S3/c1-33(2)8-9-41-25(40)32-19-12-18(27(36)37)22(29)20(23(19)30)14-10-15(21(28)17(11-14)26(34)35)13-31-24(39)38-16-6-4-3-5-7-16/h3-7,10-12,34-37H,8-9,13H2,1-2H3,(H,31,39)(H,32,40). The van der Waals surface area contributed by atoms with Gasteiger partial charge in [-0.25, -0.2) is 0 Å². The van der Waals surface area contributed by atoms with E-state index in [0.717, 1.165) is 6.54 Å². The maximum atomic E-state index is 10.1. The maximum absolute atomic E-state index is 10.1. The Morgan fingerprint density at radius 1 is 0.927 bits per heavy atom. The number of halogens is 3. The van der Waals surface area contributed by atoms with Crippen LogP contribution in [0.5, 0.6) is 5.75 Å². The Kier molecular flexibility index (Phi) is 13.0. The summed E-state index contributed by atoms with van der Waals surface area (Å²) in [5, 5.41) is 46.4. The number of nitrogens with one attached hydrogen (secondary N) is 2. The van der Waals surface area contributed by atoms with Crippen molar-refractivity contribution in [2.45, 2.75) is 6.54 Å². The number of hydrogen-bond acceptors (Lipinski definition) is 9. The summed E-state index contributed by atoms with van der Waals surface area (Å²) in [5.74, 6) is 1.25. The van der Waals surface area contributed by atoms with E-state index in [1.54, 1.807) is 30.3 Å². The van der Waals surface area contributed by atoms with Crippen LogP contribution in [-0.4, -0.2) is 75.1 Å². The van der Waals surface area contributed by atoms with Crippen molar-refractivity contribution >= 4 is 111 Å². The third-order valence-corrected chi connectivity index (χ3v) is 8.33. The molecule has 0 aromatic heterocycles. The first-order valence-electron chi connectivity index (χ1n) is 12.0. The Labute approximate surface area is 269 Å². The van der Waals surface area contributed by atoms with Gasteiger partial charge in [0.15, 0.2) is 0 Å². The minimum atomic E-state index is -1.93. The van der Waals surface area contributed by atoms with E-state index in [2.05, 4.69) is 10.6 Å². The van der Waals surface area contributed by atoms with Crippen LogP contribution in [0.1, 0.15) is 5.56 Å². The molecule has 0 saturated heterocycles. The molecule has 216 valence electrons. The Hall–Kier alpha value is -1.61. The van der Waals surface area contributed by atoms with Crippen molar-refractivity contribution in [3.8, 4) is 16.9 Å². The van der Waals surface area contributed by atoms with Crippen LogP contribution in [0.25, 0.3) is 11.1 Å². The summed E-state index contributed by atoms with van der Waals surface area (Å²) >= 11 is 32.1. The lowest BCUT2D eigenvalue weighted by atomic mass is 9.76. The summed E-state index contributed by atoms with van der Waals surface area (Å²) in [5.41, 5.74) is 1.17. The molecule has 0 fully saturated rings. The highest BCUT2D eigenvalue weighted by atomic mass is 35.5. The molecule has 0 atom stereocenters. The molecule has 0 spiro atoms. The minimum absolute atomic E-state index is 0.0257. The largest absolute Gasteiger partial charge is 0.490 e. The molecule has 6 N–H and O–H groups in total. The molecular weight excluding hydrogens is 646 g/mol. The van der Waals surface area contributed by atoms with Crippen LogP contribution in [0.2, 0.25) is 15.1 Å². The number of nitrogens with zero attached hydrogens (tertiary/aromatic N) is 1. The van der Waals surface area contributed by atoms with Crippen molar-refractivity contribution < 1.29 is 24.8 Å². The monoisotopic (exact) mass is 671 g/mol. The van der Waals surface area contributed by atoms with Gasteiger partial charge in [0.2, 0.25) is 0 Å². The van der Waals surface area contributed by atoms with E-state index in [1.165, 1.54) is 23.9 Å². The molecule has 0 aliphatic rings. The highest BCUT2D eigenvalue weighted by Crippen LogP contribution is 2.40. The second-order valence-electron chi connectivity index (χ2n) is 8.92. The maximum Gasteiger partial charge on any atom is 0.490 e. The van der Waals surface area contributed by atoms with Gasteiger partial charge in [-0.1, -0.05) is 83.0 Å². The number of para-hydroxylation sites is 1.